The van der Waals surface area contributed by atoms with Gasteiger partial charge in [0.2, 0.25) is 0 Å². The molecule has 0 aromatic carbocycles. The summed E-state index contributed by atoms with van der Waals surface area (Å²) in [6.07, 6.45) is 2.14. The van der Waals surface area contributed by atoms with Crippen molar-refractivity contribution < 1.29 is 61.3 Å². The van der Waals surface area contributed by atoms with Crippen molar-refractivity contribution in [3.63, 3.8) is 0 Å². The molecule has 0 bridgehead atoms. The molecule has 2 aromatic heterocycles. The minimum Gasteiger partial charge on any atom is -0.543 e. The maximum atomic E-state index is 10.8. The molecule has 0 unspecified atom stereocenters. The van der Waals surface area contributed by atoms with Gasteiger partial charge in [0.15, 0.2) is 5.65 Å². The van der Waals surface area contributed by atoms with Gasteiger partial charge in [0, 0.05) is 17.7 Å². The molecule has 5 nitrogen and oxygen atoms in total. The Morgan fingerprint density at radius 2 is 2.18 bits per heavy atom. The monoisotopic (exact) mass is 319 g/mol. The van der Waals surface area contributed by atoms with Gasteiger partial charge in [0.25, 0.3) is 0 Å². The minimum atomic E-state index is -1.25. The van der Waals surface area contributed by atoms with Crippen LogP contribution in [0.2, 0.25) is 0 Å². The van der Waals surface area contributed by atoms with Gasteiger partial charge in [-0.25, -0.2) is 9.50 Å². The Morgan fingerprint density at radius 1 is 1.47 bits per heavy atom. The van der Waals surface area contributed by atoms with E-state index in [9.17, 15) is 9.90 Å². The normalized spacial score (nSPS) is 14.6. The summed E-state index contributed by atoms with van der Waals surface area (Å²) in [6, 6.07) is 3.25. The van der Waals surface area contributed by atoms with Crippen LogP contribution in [-0.4, -0.2) is 20.6 Å². The molecule has 0 saturated heterocycles. The molecular formula is C10H7BrKN3O2. The molecule has 0 spiro atoms. The first-order chi connectivity index (χ1) is 7.65. The molecular weight excluding hydrogens is 313 g/mol. The Kier molecular flexibility index (Phi) is 4.06. The number of carbonyl (C=O) groups excluding carboxylic acids is 1. The number of carboxylic acids is 1. The van der Waals surface area contributed by atoms with Crippen molar-refractivity contribution in [2.24, 2.45) is 0 Å². The van der Waals surface area contributed by atoms with E-state index in [4.69, 9.17) is 0 Å². The van der Waals surface area contributed by atoms with Gasteiger partial charge in [-0.2, -0.15) is 5.10 Å². The molecule has 7 heteroatoms. The van der Waals surface area contributed by atoms with Crippen molar-refractivity contribution in [1.29, 1.82) is 0 Å². The maximum Gasteiger partial charge on any atom is 1.00 e. The Morgan fingerprint density at radius 3 is 2.76 bits per heavy atom. The fraction of sp³-hybridized carbons (Fsp3) is 0.300. The summed E-state index contributed by atoms with van der Waals surface area (Å²) >= 11 is 3.25. The molecule has 0 amide bonds. The molecule has 0 aliphatic heterocycles. The largest absolute Gasteiger partial charge is 1.00 e. The number of aromatic nitrogens is 3. The van der Waals surface area contributed by atoms with Crippen LogP contribution in [0.25, 0.3) is 5.65 Å². The third kappa shape index (κ3) is 2.64. The number of fused-ring (bicyclic) bond motifs is 1. The number of hydrogen-bond donors (Lipinski definition) is 0. The zero-order chi connectivity index (χ0) is 11.3. The van der Waals surface area contributed by atoms with Gasteiger partial charge < -0.3 is 9.90 Å². The molecule has 17 heavy (non-hydrogen) atoms. The van der Waals surface area contributed by atoms with Crippen molar-refractivity contribution >= 4 is 27.5 Å². The number of carboxylic acid groups (broad SMARTS) is 1. The second-order valence-electron chi connectivity index (χ2n) is 3.87. The molecule has 0 N–H and O–H groups in total. The van der Waals surface area contributed by atoms with Crippen molar-refractivity contribution in [2.45, 2.75) is 18.8 Å². The SMILES string of the molecule is O=C([O-])c1cc(C2CC2)n2nc(Br)cc2n1.[K+]. The predicted octanol–water partition coefficient (Wildman–Crippen LogP) is -2.26. The van der Waals surface area contributed by atoms with E-state index in [2.05, 4.69) is 26.0 Å². The molecule has 2 heterocycles. The maximum absolute atomic E-state index is 10.8. The van der Waals surface area contributed by atoms with Crippen LogP contribution in [0.3, 0.4) is 0 Å². The van der Waals surface area contributed by atoms with Crippen LogP contribution in [0.4, 0.5) is 0 Å². The average Bonchev–Trinajstić information content (AvgIpc) is 2.98. The van der Waals surface area contributed by atoms with E-state index in [-0.39, 0.29) is 57.1 Å². The van der Waals surface area contributed by atoms with E-state index in [1.54, 1.807) is 16.6 Å². The van der Waals surface area contributed by atoms with Crippen molar-refractivity contribution in [1.82, 2.24) is 14.6 Å². The number of carbonyl (C=O) groups is 1. The topological polar surface area (TPSA) is 70.3 Å². The van der Waals surface area contributed by atoms with Crippen LogP contribution >= 0.6 is 15.9 Å². The Hall–Kier alpha value is 0.206. The molecule has 2 aromatic rings. The number of halogens is 1. The van der Waals surface area contributed by atoms with Crippen LogP contribution in [0.5, 0.6) is 0 Å². The van der Waals surface area contributed by atoms with Gasteiger partial charge in [0.05, 0.1) is 11.7 Å². The van der Waals surface area contributed by atoms with Gasteiger partial charge in [-0.3, -0.25) is 0 Å². The van der Waals surface area contributed by atoms with E-state index in [0.717, 1.165) is 18.5 Å². The number of nitrogens with zero attached hydrogens (tertiary/aromatic N) is 3. The van der Waals surface area contributed by atoms with Crippen LogP contribution in [0.15, 0.2) is 16.7 Å². The van der Waals surface area contributed by atoms with Gasteiger partial charge in [-0.1, -0.05) is 0 Å². The Bertz CT molecular complexity index is 594. The van der Waals surface area contributed by atoms with E-state index >= 15 is 0 Å². The van der Waals surface area contributed by atoms with Crippen LogP contribution in [0.1, 0.15) is 34.9 Å². The van der Waals surface area contributed by atoms with Crippen LogP contribution in [-0.2, 0) is 0 Å². The van der Waals surface area contributed by atoms with Gasteiger partial charge in [0.1, 0.15) is 4.60 Å². The summed E-state index contributed by atoms with van der Waals surface area (Å²) in [7, 11) is 0. The first-order valence-electron chi connectivity index (χ1n) is 4.93. The van der Waals surface area contributed by atoms with Gasteiger partial charge in [-0.05, 0) is 34.8 Å². The first-order valence-corrected chi connectivity index (χ1v) is 5.72. The molecule has 82 valence electrons. The summed E-state index contributed by atoms with van der Waals surface area (Å²) < 4.78 is 2.34. The fourth-order valence-electron chi connectivity index (χ4n) is 1.74. The number of rotatable bonds is 2. The molecule has 0 atom stereocenters. The molecule has 0 radical (unpaired) electrons. The third-order valence-corrected chi connectivity index (χ3v) is 3.02. The second kappa shape index (κ2) is 5.06. The smallest absolute Gasteiger partial charge is 0.543 e. The molecule has 1 saturated carbocycles. The summed E-state index contributed by atoms with van der Waals surface area (Å²) in [4.78, 5) is 14.8. The second-order valence-corrected chi connectivity index (χ2v) is 4.68. The van der Waals surface area contributed by atoms with Crippen molar-refractivity contribution in [3.8, 4) is 0 Å². The Labute approximate surface area is 148 Å². The molecule has 1 aliphatic carbocycles. The predicted molar refractivity (Wildman–Crippen MR) is 57.0 cm³/mol. The van der Waals surface area contributed by atoms with Crippen LogP contribution < -0.4 is 56.5 Å². The van der Waals surface area contributed by atoms with Gasteiger partial charge in [-0.15, -0.1) is 0 Å². The number of aromatic carboxylic acids is 1. The minimum absolute atomic E-state index is 0. The fourth-order valence-corrected chi connectivity index (χ4v) is 2.11. The molecule has 1 fully saturated rings. The summed E-state index contributed by atoms with van der Waals surface area (Å²) in [5.74, 6) is -0.850. The zero-order valence-corrected chi connectivity index (χ0v) is 13.9. The quantitative estimate of drug-likeness (QED) is 0.586. The average molecular weight is 320 g/mol. The van der Waals surface area contributed by atoms with Crippen LogP contribution in [0, 0.1) is 0 Å². The molecule has 1 aliphatic rings. The van der Waals surface area contributed by atoms with E-state index in [1.807, 2.05) is 0 Å². The first kappa shape index (κ1) is 13.6. The molecule has 3 rings (SSSR count). The zero-order valence-electron chi connectivity index (χ0n) is 9.18. The van der Waals surface area contributed by atoms with Crippen molar-refractivity contribution in [3.05, 3.63) is 28.1 Å². The Balaban J connectivity index is 0.00000108. The summed E-state index contributed by atoms with van der Waals surface area (Å²) in [5, 5.41) is 15.1. The van der Waals surface area contributed by atoms with Gasteiger partial charge >= 0.3 is 51.4 Å². The third-order valence-electron chi connectivity index (χ3n) is 2.63. The summed E-state index contributed by atoms with van der Waals surface area (Å²) in [6.45, 7) is 0. The van der Waals surface area contributed by atoms with E-state index < -0.39 is 5.97 Å². The number of hydrogen-bond acceptors (Lipinski definition) is 4. The van der Waals surface area contributed by atoms with Crippen molar-refractivity contribution in [2.75, 3.05) is 0 Å². The van der Waals surface area contributed by atoms with E-state index in [1.165, 1.54) is 0 Å². The van der Waals surface area contributed by atoms with E-state index in [0.29, 0.717) is 16.2 Å². The summed E-state index contributed by atoms with van der Waals surface area (Å²) in [5.41, 5.74) is 1.41. The standard InChI is InChI=1S/C10H8BrN3O2.K/c11-8-4-9-12-6(10(15)16)3-7(5-1-2-5)14(9)13-8;/h3-5H,1-2H2,(H,15,16);/q;+1/p-1.